The predicted molar refractivity (Wildman–Crippen MR) is 123 cm³/mol. The van der Waals surface area contributed by atoms with Gasteiger partial charge in [-0.3, -0.25) is 4.57 Å². The molecule has 6 nitrogen and oxygen atoms in total. The number of aromatic nitrogens is 2. The first kappa shape index (κ1) is 19.9. The van der Waals surface area contributed by atoms with Crippen molar-refractivity contribution in [2.75, 3.05) is 12.4 Å². The first-order valence-electron chi connectivity index (χ1n) is 10.5. The van der Waals surface area contributed by atoms with E-state index in [1.54, 1.807) is 7.11 Å². The van der Waals surface area contributed by atoms with Gasteiger partial charge in [0.25, 0.3) is 0 Å². The molecule has 0 bridgehead atoms. The highest BCUT2D eigenvalue weighted by molar-refractivity contribution is 5.94. The third-order valence-corrected chi connectivity index (χ3v) is 5.69. The van der Waals surface area contributed by atoms with Crippen LogP contribution < -0.4 is 10.1 Å². The number of rotatable bonds is 5. The number of fused-ring (bicyclic) bond motifs is 3. The molecule has 1 aliphatic heterocycles. The maximum atomic E-state index is 13.4. The Kier molecular flexibility index (Phi) is 5.11. The van der Waals surface area contributed by atoms with Crippen LogP contribution in [0.1, 0.15) is 24.1 Å². The van der Waals surface area contributed by atoms with Crippen LogP contribution in [-0.2, 0) is 16.1 Å². The van der Waals surface area contributed by atoms with Crippen LogP contribution in [0, 0.1) is 0 Å². The number of nitrogens with zero attached hydrogens (tertiary/aromatic N) is 2. The lowest BCUT2D eigenvalue weighted by Crippen LogP contribution is -2.28. The fourth-order valence-corrected chi connectivity index (χ4v) is 4.13. The average Bonchev–Trinajstić information content (AvgIpc) is 3.20. The van der Waals surface area contributed by atoms with E-state index in [1.165, 1.54) is 0 Å². The summed E-state index contributed by atoms with van der Waals surface area (Å²) in [7, 11) is 1.62. The van der Waals surface area contributed by atoms with E-state index in [1.807, 2.05) is 85.8 Å². The number of methoxy groups -OCH3 is 1. The molecule has 0 spiro atoms. The predicted octanol–water partition coefficient (Wildman–Crippen LogP) is 5.08. The summed E-state index contributed by atoms with van der Waals surface area (Å²) in [6, 6.07) is 25.1. The summed E-state index contributed by atoms with van der Waals surface area (Å²) in [6.45, 7) is 2.07. The van der Waals surface area contributed by atoms with Gasteiger partial charge in [0, 0.05) is 5.70 Å². The van der Waals surface area contributed by atoms with Crippen molar-refractivity contribution in [3.8, 4) is 5.75 Å². The van der Waals surface area contributed by atoms with Crippen LogP contribution in [-0.4, -0.2) is 22.6 Å². The standard InChI is InChI=1S/C26H23N3O3/c1-17-23(25(30)32-16-18-12-14-20(31-2)15-13-18)24(19-8-4-3-5-9-19)29-22-11-7-6-10-21(22)28-26(29)27-17/h3-15,24H,16H2,1-2H3,(H,27,28). The lowest BCUT2D eigenvalue weighted by molar-refractivity contribution is -0.140. The average molecular weight is 425 g/mol. The van der Waals surface area contributed by atoms with Crippen LogP contribution in [0.2, 0.25) is 0 Å². The second-order valence-corrected chi connectivity index (χ2v) is 7.70. The van der Waals surface area contributed by atoms with Gasteiger partial charge in [-0.15, -0.1) is 0 Å². The second-order valence-electron chi connectivity index (χ2n) is 7.70. The molecule has 0 saturated heterocycles. The number of imidazole rings is 1. The van der Waals surface area contributed by atoms with E-state index >= 15 is 0 Å². The van der Waals surface area contributed by atoms with Crippen molar-refractivity contribution in [1.82, 2.24) is 9.55 Å². The number of anilines is 1. The summed E-state index contributed by atoms with van der Waals surface area (Å²) in [4.78, 5) is 18.1. The molecule has 3 aromatic carbocycles. The molecule has 4 aromatic rings. The summed E-state index contributed by atoms with van der Waals surface area (Å²) in [5.41, 5.74) is 5.02. The number of allylic oxidation sites excluding steroid dienone is 1. The molecule has 0 fully saturated rings. The second kappa shape index (κ2) is 8.23. The first-order valence-corrected chi connectivity index (χ1v) is 10.5. The fourth-order valence-electron chi connectivity index (χ4n) is 4.13. The monoisotopic (exact) mass is 425 g/mol. The van der Waals surface area contributed by atoms with Crippen molar-refractivity contribution in [3.63, 3.8) is 0 Å². The van der Waals surface area contributed by atoms with Gasteiger partial charge in [-0.1, -0.05) is 54.6 Å². The van der Waals surface area contributed by atoms with Gasteiger partial charge in [-0.2, -0.15) is 0 Å². The highest BCUT2D eigenvalue weighted by Gasteiger charge is 2.34. The lowest BCUT2D eigenvalue weighted by Gasteiger charge is -2.30. The zero-order valence-electron chi connectivity index (χ0n) is 17.9. The smallest absolute Gasteiger partial charge is 0.338 e. The van der Waals surface area contributed by atoms with Gasteiger partial charge in [-0.25, -0.2) is 9.78 Å². The Balaban J connectivity index is 1.52. The summed E-state index contributed by atoms with van der Waals surface area (Å²) in [5.74, 6) is 1.12. The molecule has 5 rings (SSSR count). The largest absolute Gasteiger partial charge is 0.497 e. The molecule has 32 heavy (non-hydrogen) atoms. The molecule has 2 heterocycles. The first-order chi connectivity index (χ1) is 15.7. The Morgan fingerprint density at radius 3 is 2.47 bits per heavy atom. The Labute approximate surface area is 186 Å². The summed E-state index contributed by atoms with van der Waals surface area (Å²) in [6.07, 6.45) is 0. The Hall–Kier alpha value is -4.06. The van der Waals surface area contributed by atoms with Crippen LogP contribution >= 0.6 is 0 Å². The van der Waals surface area contributed by atoms with Gasteiger partial charge >= 0.3 is 5.97 Å². The minimum absolute atomic E-state index is 0.179. The fraction of sp³-hybridized carbons (Fsp3) is 0.154. The SMILES string of the molecule is COc1ccc(COC(=O)C2=C(C)Nc3nc4ccccc4n3C2c2ccccc2)cc1. The van der Waals surface area contributed by atoms with Crippen molar-refractivity contribution < 1.29 is 14.3 Å². The summed E-state index contributed by atoms with van der Waals surface area (Å²) in [5, 5.41) is 3.31. The quantitative estimate of drug-likeness (QED) is 0.452. The molecule has 1 aliphatic rings. The van der Waals surface area contributed by atoms with Gasteiger partial charge in [0.15, 0.2) is 0 Å². The molecule has 160 valence electrons. The van der Waals surface area contributed by atoms with E-state index in [2.05, 4.69) is 9.88 Å². The maximum absolute atomic E-state index is 13.4. The molecule has 6 heteroatoms. The van der Waals surface area contributed by atoms with Gasteiger partial charge in [0.2, 0.25) is 5.95 Å². The van der Waals surface area contributed by atoms with Crippen LogP contribution in [0.5, 0.6) is 5.75 Å². The molecular formula is C26H23N3O3. The molecule has 0 saturated carbocycles. The van der Waals surface area contributed by atoms with Gasteiger partial charge in [0.05, 0.1) is 29.8 Å². The number of esters is 1. The van der Waals surface area contributed by atoms with Crippen molar-refractivity contribution >= 4 is 23.0 Å². The van der Waals surface area contributed by atoms with E-state index in [0.29, 0.717) is 11.5 Å². The van der Waals surface area contributed by atoms with Crippen molar-refractivity contribution in [2.45, 2.75) is 19.6 Å². The maximum Gasteiger partial charge on any atom is 0.338 e. The molecule has 1 aromatic heterocycles. The third-order valence-electron chi connectivity index (χ3n) is 5.69. The van der Waals surface area contributed by atoms with Crippen LogP contribution in [0.4, 0.5) is 5.95 Å². The Morgan fingerprint density at radius 1 is 1.00 bits per heavy atom. The molecule has 0 radical (unpaired) electrons. The van der Waals surface area contributed by atoms with Crippen molar-refractivity contribution in [1.29, 1.82) is 0 Å². The van der Waals surface area contributed by atoms with E-state index < -0.39 is 0 Å². The van der Waals surface area contributed by atoms with E-state index in [9.17, 15) is 4.79 Å². The molecular weight excluding hydrogens is 402 g/mol. The molecule has 1 unspecified atom stereocenters. The van der Waals surface area contributed by atoms with Crippen LogP contribution in [0.25, 0.3) is 11.0 Å². The third kappa shape index (κ3) is 3.50. The number of hydrogen-bond acceptors (Lipinski definition) is 5. The number of carbonyl (C=O) groups excluding carboxylic acids is 1. The van der Waals surface area contributed by atoms with Gasteiger partial charge in [0.1, 0.15) is 12.4 Å². The Morgan fingerprint density at radius 2 is 1.72 bits per heavy atom. The van der Waals surface area contributed by atoms with Crippen molar-refractivity contribution in [2.24, 2.45) is 0 Å². The molecule has 1 atom stereocenters. The normalized spacial score (nSPS) is 15.2. The number of hydrogen-bond donors (Lipinski definition) is 1. The van der Waals surface area contributed by atoms with Crippen LogP contribution in [0.3, 0.4) is 0 Å². The minimum Gasteiger partial charge on any atom is -0.497 e. The number of nitrogens with one attached hydrogen (secondary N) is 1. The topological polar surface area (TPSA) is 65.4 Å². The van der Waals surface area contributed by atoms with E-state index in [0.717, 1.165) is 33.6 Å². The molecule has 0 amide bonds. The summed E-state index contributed by atoms with van der Waals surface area (Å²) < 4.78 is 13.0. The van der Waals surface area contributed by atoms with E-state index in [-0.39, 0.29) is 18.6 Å². The number of carbonyl (C=O) groups is 1. The zero-order chi connectivity index (χ0) is 22.1. The van der Waals surface area contributed by atoms with Crippen molar-refractivity contribution in [3.05, 3.63) is 101 Å². The summed E-state index contributed by atoms with van der Waals surface area (Å²) >= 11 is 0. The van der Waals surface area contributed by atoms with Crippen LogP contribution in [0.15, 0.2) is 90.1 Å². The zero-order valence-corrected chi connectivity index (χ0v) is 17.9. The van der Waals surface area contributed by atoms with E-state index in [4.69, 9.17) is 14.5 Å². The highest BCUT2D eigenvalue weighted by Crippen LogP contribution is 2.39. The van der Waals surface area contributed by atoms with Gasteiger partial charge < -0.3 is 14.8 Å². The molecule has 1 N–H and O–H groups in total. The number of ether oxygens (including phenoxy) is 2. The molecule has 0 aliphatic carbocycles. The minimum atomic E-state index is -0.358. The number of para-hydroxylation sites is 2. The van der Waals surface area contributed by atoms with Gasteiger partial charge in [-0.05, 0) is 42.3 Å². The Bertz CT molecular complexity index is 1310. The number of benzene rings is 3. The lowest BCUT2D eigenvalue weighted by atomic mass is 9.95. The highest BCUT2D eigenvalue weighted by atomic mass is 16.5.